The van der Waals surface area contributed by atoms with Crippen LogP contribution >= 0.6 is 18.8 Å². The Hall–Kier alpha value is 0.0500. The second kappa shape index (κ2) is 6.84. The molecule has 100 valence electrons. The molecule has 1 aliphatic heterocycles. The van der Waals surface area contributed by atoms with Gasteiger partial charge in [0.05, 0.1) is 7.11 Å². The summed E-state index contributed by atoms with van der Waals surface area (Å²) in [7, 11) is 6.65. The lowest BCUT2D eigenvalue weighted by molar-refractivity contribution is -0.0944. The Morgan fingerprint density at radius 3 is 2.65 bits per heavy atom. The molecule has 0 N–H and O–H groups in total. The van der Waals surface area contributed by atoms with Gasteiger partial charge in [-0.3, -0.25) is 9.34 Å². The van der Waals surface area contributed by atoms with Gasteiger partial charge in [0.1, 0.15) is 0 Å². The number of hydrogen-bond donors (Lipinski definition) is 0. The van der Waals surface area contributed by atoms with Crippen LogP contribution in [0.1, 0.15) is 19.8 Å². The van der Waals surface area contributed by atoms with E-state index in [1.54, 1.807) is 0 Å². The predicted molar refractivity (Wildman–Crippen MR) is 73.7 cm³/mol. The van der Waals surface area contributed by atoms with E-state index in [9.17, 15) is 4.79 Å². The molecule has 1 rings (SSSR count). The average molecular weight is 280 g/mol. The third-order valence-corrected chi connectivity index (χ3v) is 3.55. The minimum atomic E-state index is -0.600. The summed E-state index contributed by atoms with van der Waals surface area (Å²) in [5.41, 5.74) is -0.426. The van der Waals surface area contributed by atoms with Crippen LogP contribution in [0.2, 0.25) is 0 Å². The third-order valence-electron chi connectivity index (χ3n) is 2.74. The van der Waals surface area contributed by atoms with E-state index in [0.717, 1.165) is 39.0 Å². The van der Waals surface area contributed by atoms with E-state index in [0.29, 0.717) is 0 Å². The van der Waals surface area contributed by atoms with Crippen molar-refractivity contribution in [2.24, 2.45) is 0 Å². The molecule has 0 aromatic heterocycles. The first kappa shape index (κ1) is 15.1. The highest BCUT2D eigenvalue weighted by Crippen LogP contribution is 2.30. The lowest BCUT2D eigenvalue weighted by Crippen LogP contribution is -2.64. The van der Waals surface area contributed by atoms with Crippen LogP contribution < -0.4 is 0 Å². The smallest absolute Gasteiger partial charge is 0.438 e. The first-order valence-electron chi connectivity index (χ1n) is 5.77. The van der Waals surface area contributed by atoms with Crippen LogP contribution in [0.4, 0.5) is 4.79 Å². The van der Waals surface area contributed by atoms with E-state index in [1.807, 2.05) is 4.67 Å². The summed E-state index contributed by atoms with van der Waals surface area (Å²) in [6.07, 6.45) is 1.70. The SMILES string of the molecule is CCCCN(P)CC1(OC(=O)OC)CN(P)C1. The standard InChI is InChI=1S/C10H22N2O3P2/c1-3-4-5-11(16)6-10(7-12(17)8-10)15-9(13)14-2/h3-8,16-17H2,1-2H3. The molecule has 0 bridgehead atoms. The summed E-state index contributed by atoms with van der Waals surface area (Å²) in [5.74, 6) is 0. The van der Waals surface area contributed by atoms with Crippen molar-refractivity contribution in [2.45, 2.75) is 25.4 Å². The maximum absolute atomic E-state index is 11.2. The van der Waals surface area contributed by atoms with Crippen LogP contribution in [-0.4, -0.2) is 54.4 Å². The van der Waals surface area contributed by atoms with Crippen LogP contribution in [0.3, 0.4) is 0 Å². The number of ether oxygens (including phenoxy) is 2. The Labute approximate surface area is 108 Å². The van der Waals surface area contributed by atoms with Crippen molar-refractivity contribution in [1.29, 1.82) is 0 Å². The fraction of sp³-hybridized carbons (Fsp3) is 0.900. The lowest BCUT2D eigenvalue weighted by Gasteiger charge is -2.48. The largest absolute Gasteiger partial charge is 0.508 e. The van der Waals surface area contributed by atoms with E-state index in [4.69, 9.17) is 4.74 Å². The van der Waals surface area contributed by atoms with Crippen LogP contribution in [0.15, 0.2) is 0 Å². The second-order valence-corrected chi connectivity index (χ2v) is 5.93. The van der Waals surface area contributed by atoms with E-state index in [-0.39, 0.29) is 0 Å². The van der Waals surface area contributed by atoms with Crippen molar-refractivity contribution in [2.75, 3.05) is 33.3 Å². The van der Waals surface area contributed by atoms with Gasteiger partial charge in [0.2, 0.25) is 0 Å². The summed E-state index contributed by atoms with van der Waals surface area (Å²) >= 11 is 0. The number of nitrogens with zero attached hydrogens (tertiary/aromatic N) is 2. The van der Waals surface area contributed by atoms with Gasteiger partial charge in [-0.25, -0.2) is 4.79 Å². The fourth-order valence-electron chi connectivity index (χ4n) is 1.92. The molecule has 0 aromatic rings. The van der Waals surface area contributed by atoms with Gasteiger partial charge in [0, 0.05) is 26.2 Å². The minimum Gasteiger partial charge on any atom is -0.438 e. The molecule has 1 saturated heterocycles. The number of hydrogen-bond acceptors (Lipinski definition) is 5. The van der Waals surface area contributed by atoms with Gasteiger partial charge >= 0.3 is 6.16 Å². The first-order valence-corrected chi connectivity index (χ1v) is 6.81. The molecule has 0 aliphatic carbocycles. The van der Waals surface area contributed by atoms with E-state index < -0.39 is 11.8 Å². The highest BCUT2D eigenvalue weighted by molar-refractivity contribution is 7.13. The van der Waals surface area contributed by atoms with Crippen molar-refractivity contribution in [3.05, 3.63) is 0 Å². The van der Waals surface area contributed by atoms with E-state index in [1.165, 1.54) is 7.11 Å². The molecule has 0 saturated carbocycles. The first-order chi connectivity index (χ1) is 8.01. The number of carbonyl (C=O) groups excluding carboxylic acids is 1. The fourth-order valence-corrected chi connectivity index (χ4v) is 3.10. The van der Waals surface area contributed by atoms with Gasteiger partial charge in [-0.05, 0) is 6.42 Å². The van der Waals surface area contributed by atoms with Crippen molar-refractivity contribution in [3.8, 4) is 0 Å². The zero-order valence-corrected chi connectivity index (χ0v) is 12.8. The lowest BCUT2D eigenvalue weighted by atomic mass is 9.96. The molecule has 5 nitrogen and oxygen atoms in total. The van der Waals surface area contributed by atoms with Gasteiger partial charge in [-0.2, -0.15) is 0 Å². The van der Waals surface area contributed by atoms with Crippen molar-refractivity contribution >= 4 is 24.9 Å². The summed E-state index contributed by atoms with van der Waals surface area (Å²) < 4.78 is 14.1. The van der Waals surface area contributed by atoms with Crippen molar-refractivity contribution in [3.63, 3.8) is 0 Å². The predicted octanol–water partition coefficient (Wildman–Crippen LogP) is 1.51. The highest BCUT2D eigenvalue weighted by Gasteiger charge is 2.46. The Bertz CT molecular complexity index is 260. The quantitative estimate of drug-likeness (QED) is 0.545. The molecule has 2 unspecified atom stereocenters. The zero-order chi connectivity index (χ0) is 12.9. The monoisotopic (exact) mass is 280 g/mol. The minimum absolute atomic E-state index is 0.426. The Morgan fingerprint density at radius 2 is 2.18 bits per heavy atom. The van der Waals surface area contributed by atoms with Crippen molar-refractivity contribution in [1.82, 2.24) is 9.34 Å². The summed E-state index contributed by atoms with van der Waals surface area (Å²) in [6, 6.07) is 0. The molecule has 0 spiro atoms. The van der Waals surface area contributed by atoms with Crippen LogP contribution in [-0.2, 0) is 9.47 Å². The molecule has 1 fully saturated rings. The zero-order valence-electron chi connectivity index (χ0n) is 10.5. The highest BCUT2D eigenvalue weighted by atomic mass is 31.0. The Kier molecular flexibility index (Phi) is 6.08. The van der Waals surface area contributed by atoms with Gasteiger partial charge in [0.15, 0.2) is 5.60 Å². The summed E-state index contributed by atoms with van der Waals surface area (Å²) in [5, 5.41) is 0. The number of methoxy groups -OCH3 is 1. The number of rotatable bonds is 6. The van der Waals surface area contributed by atoms with E-state index in [2.05, 4.69) is 35.1 Å². The molecule has 0 radical (unpaired) electrons. The molecule has 7 heteroatoms. The summed E-state index contributed by atoms with van der Waals surface area (Å²) in [6.45, 7) is 5.32. The van der Waals surface area contributed by atoms with Gasteiger partial charge in [0.25, 0.3) is 0 Å². The van der Waals surface area contributed by atoms with Crippen LogP contribution in [0, 0.1) is 0 Å². The molecular weight excluding hydrogens is 258 g/mol. The number of unbranched alkanes of at least 4 members (excludes halogenated alkanes) is 1. The molecule has 1 heterocycles. The van der Waals surface area contributed by atoms with E-state index >= 15 is 0 Å². The average Bonchev–Trinajstić information content (AvgIpc) is 2.24. The van der Waals surface area contributed by atoms with Crippen LogP contribution in [0.25, 0.3) is 0 Å². The molecular formula is C10H22N2O3P2. The molecule has 0 aromatic carbocycles. The summed E-state index contributed by atoms with van der Waals surface area (Å²) in [4.78, 5) is 11.2. The Morgan fingerprint density at radius 1 is 1.53 bits per heavy atom. The maximum atomic E-state index is 11.2. The molecule has 1 aliphatic rings. The molecule has 0 amide bonds. The Balaban J connectivity index is 2.45. The maximum Gasteiger partial charge on any atom is 0.508 e. The van der Waals surface area contributed by atoms with Crippen LogP contribution in [0.5, 0.6) is 0 Å². The third kappa shape index (κ3) is 4.67. The van der Waals surface area contributed by atoms with Gasteiger partial charge < -0.3 is 9.47 Å². The molecule has 2 atom stereocenters. The van der Waals surface area contributed by atoms with Gasteiger partial charge in [-0.15, -0.1) is 0 Å². The normalized spacial score (nSPS) is 18.9. The van der Waals surface area contributed by atoms with Crippen molar-refractivity contribution < 1.29 is 14.3 Å². The second-order valence-electron chi connectivity index (χ2n) is 4.47. The topological polar surface area (TPSA) is 42.0 Å². The number of carbonyl (C=O) groups is 1. The molecule has 17 heavy (non-hydrogen) atoms. The van der Waals surface area contributed by atoms with Gasteiger partial charge in [-0.1, -0.05) is 32.1 Å².